The molecule has 0 saturated heterocycles. The predicted octanol–water partition coefficient (Wildman–Crippen LogP) is 2.71. The lowest BCUT2D eigenvalue weighted by Crippen LogP contribution is -2.34. The molecule has 4 unspecified atom stereocenters. The molecule has 2 fully saturated rings. The number of rotatable bonds is 0. The van der Waals surface area contributed by atoms with Gasteiger partial charge >= 0.3 is 0 Å². The van der Waals surface area contributed by atoms with E-state index in [1.54, 1.807) is 0 Å². The minimum absolute atomic E-state index is 0.163. The Balaban J connectivity index is 2.18. The van der Waals surface area contributed by atoms with E-state index in [0.29, 0.717) is 18.3 Å². The maximum absolute atomic E-state index is 11.9. The lowest BCUT2D eigenvalue weighted by atomic mass is 9.76. The summed E-state index contributed by atoms with van der Waals surface area (Å²) >= 11 is 0. The number of allylic oxidation sites excluding steroid dienone is 1. The number of carbonyl (C=O) groups is 1. The number of aliphatic hydroxyl groups is 1. The summed E-state index contributed by atoms with van der Waals surface area (Å²) in [6, 6.07) is 0. The normalized spacial score (nSPS) is 47.6. The molecule has 0 bridgehead atoms. The van der Waals surface area contributed by atoms with E-state index in [2.05, 4.69) is 20.8 Å². The van der Waals surface area contributed by atoms with Crippen LogP contribution in [0.2, 0.25) is 0 Å². The Hall–Kier alpha value is -0.630. The third-order valence-electron chi connectivity index (χ3n) is 5.82. The van der Waals surface area contributed by atoms with Crippen molar-refractivity contribution in [2.24, 2.45) is 23.2 Å². The van der Waals surface area contributed by atoms with E-state index in [4.69, 9.17) is 0 Å². The minimum Gasteiger partial charge on any atom is -0.385 e. The Morgan fingerprint density at radius 2 is 2.00 bits per heavy atom. The highest BCUT2D eigenvalue weighted by Crippen LogP contribution is 2.65. The summed E-state index contributed by atoms with van der Waals surface area (Å²) in [6.07, 6.45) is 2.75. The molecule has 0 heterocycles. The van der Waals surface area contributed by atoms with Crippen molar-refractivity contribution in [2.75, 3.05) is 0 Å². The van der Waals surface area contributed by atoms with Gasteiger partial charge in [-0.2, -0.15) is 0 Å². The fourth-order valence-corrected chi connectivity index (χ4v) is 4.79. The second kappa shape index (κ2) is 3.03. The molecule has 0 aromatic rings. The van der Waals surface area contributed by atoms with Crippen molar-refractivity contribution in [1.82, 2.24) is 0 Å². The van der Waals surface area contributed by atoms with E-state index in [-0.39, 0.29) is 17.1 Å². The molecule has 0 aromatic carbocycles. The van der Waals surface area contributed by atoms with Gasteiger partial charge in [0.25, 0.3) is 0 Å². The van der Waals surface area contributed by atoms with Gasteiger partial charge in [0.05, 0.1) is 5.60 Å². The van der Waals surface area contributed by atoms with Crippen molar-refractivity contribution in [2.45, 2.75) is 52.6 Å². The largest absolute Gasteiger partial charge is 0.385 e. The van der Waals surface area contributed by atoms with E-state index in [1.807, 2.05) is 6.92 Å². The Labute approximate surface area is 103 Å². The summed E-state index contributed by atoms with van der Waals surface area (Å²) in [6.45, 7) is 8.63. The zero-order chi connectivity index (χ0) is 12.6. The number of Topliss-reactive ketones (excluding diaryl/α,β-unsaturated/α-hetero) is 1. The summed E-state index contributed by atoms with van der Waals surface area (Å²) in [5, 5.41) is 10.9. The van der Waals surface area contributed by atoms with Crippen LogP contribution in [0, 0.1) is 23.2 Å². The SMILES string of the molecule is CC1=C2C3C(CCC3(C)C)C(C)C2(O)CC1=O. The fraction of sp³-hybridized carbons (Fsp3) is 0.800. The summed E-state index contributed by atoms with van der Waals surface area (Å²) in [5.41, 5.74) is 1.39. The second-order valence-corrected chi connectivity index (χ2v) is 7.02. The van der Waals surface area contributed by atoms with Crippen molar-refractivity contribution in [1.29, 1.82) is 0 Å². The average Bonchev–Trinajstić information content (AvgIpc) is 2.71. The molecular weight excluding hydrogens is 212 g/mol. The molecule has 3 aliphatic carbocycles. The third kappa shape index (κ3) is 1.17. The van der Waals surface area contributed by atoms with Crippen molar-refractivity contribution in [3.63, 3.8) is 0 Å². The zero-order valence-corrected chi connectivity index (χ0v) is 11.2. The van der Waals surface area contributed by atoms with Crippen LogP contribution in [-0.2, 0) is 4.79 Å². The lowest BCUT2D eigenvalue weighted by Gasteiger charge is -2.30. The van der Waals surface area contributed by atoms with Crippen LogP contribution < -0.4 is 0 Å². The van der Waals surface area contributed by atoms with Gasteiger partial charge in [0.1, 0.15) is 0 Å². The molecule has 0 aliphatic heterocycles. The highest BCUT2D eigenvalue weighted by Gasteiger charge is 2.63. The Bertz CT molecular complexity index is 432. The fourth-order valence-electron chi connectivity index (χ4n) is 4.79. The highest BCUT2D eigenvalue weighted by molar-refractivity contribution is 6.00. The molecule has 0 radical (unpaired) electrons. The van der Waals surface area contributed by atoms with Crippen LogP contribution in [0.5, 0.6) is 0 Å². The first-order valence-corrected chi connectivity index (χ1v) is 6.76. The molecule has 0 spiro atoms. The lowest BCUT2D eigenvalue weighted by molar-refractivity contribution is -0.118. The van der Waals surface area contributed by atoms with Gasteiger partial charge in [-0.1, -0.05) is 20.8 Å². The molecule has 2 nitrogen and oxygen atoms in total. The molecule has 94 valence electrons. The van der Waals surface area contributed by atoms with Crippen LogP contribution in [0.25, 0.3) is 0 Å². The van der Waals surface area contributed by atoms with Crippen molar-refractivity contribution < 1.29 is 9.90 Å². The first-order valence-electron chi connectivity index (χ1n) is 6.76. The first kappa shape index (κ1) is 11.5. The van der Waals surface area contributed by atoms with Crippen LogP contribution in [0.3, 0.4) is 0 Å². The Kier molecular flexibility index (Phi) is 2.04. The van der Waals surface area contributed by atoms with E-state index in [1.165, 1.54) is 12.8 Å². The highest BCUT2D eigenvalue weighted by atomic mass is 16.3. The molecule has 17 heavy (non-hydrogen) atoms. The quantitative estimate of drug-likeness (QED) is 0.699. The van der Waals surface area contributed by atoms with Crippen molar-refractivity contribution >= 4 is 5.78 Å². The van der Waals surface area contributed by atoms with Gasteiger partial charge in [-0.3, -0.25) is 4.79 Å². The van der Waals surface area contributed by atoms with Gasteiger partial charge in [0, 0.05) is 6.42 Å². The zero-order valence-electron chi connectivity index (χ0n) is 11.2. The summed E-state index contributed by atoms with van der Waals surface area (Å²) in [5.74, 6) is 1.41. The summed E-state index contributed by atoms with van der Waals surface area (Å²) in [7, 11) is 0. The van der Waals surface area contributed by atoms with E-state index in [9.17, 15) is 9.90 Å². The second-order valence-electron chi connectivity index (χ2n) is 7.02. The third-order valence-corrected chi connectivity index (χ3v) is 5.82. The number of ketones is 1. The standard InChI is InChI=1S/C15H22O2/c1-8-11(16)7-15(17)9(2)10-5-6-14(3,4)13(10)12(8)15/h9-10,13,17H,5-7H2,1-4H3. The van der Waals surface area contributed by atoms with Gasteiger partial charge in [0.2, 0.25) is 0 Å². The van der Waals surface area contributed by atoms with Gasteiger partial charge in [-0.25, -0.2) is 0 Å². The van der Waals surface area contributed by atoms with Crippen LogP contribution in [-0.4, -0.2) is 16.5 Å². The smallest absolute Gasteiger partial charge is 0.161 e. The average molecular weight is 234 g/mol. The monoisotopic (exact) mass is 234 g/mol. The summed E-state index contributed by atoms with van der Waals surface area (Å²) in [4.78, 5) is 11.9. The van der Waals surface area contributed by atoms with Crippen LogP contribution in [0.15, 0.2) is 11.1 Å². The molecule has 0 amide bonds. The molecule has 0 aromatic heterocycles. The minimum atomic E-state index is -0.811. The molecule has 2 heteroatoms. The molecule has 4 atom stereocenters. The maximum atomic E-state index is 11.9. The Morgan fingerprint density at radius 3 is 2.65 bits per heavy atom. The molecule has 1 N–H and O–H groups in total. The maximum Gasteiger partial charge on any atom is 0.161 e. The summed E-state index contributed by atoms with van der Waals surface area (Å²) < 4.78 is 0. The molecule has 3 aliphatic rings. The number of hydrogen-bond donors (Lipinski definition) is 1. The Morgan fingerprint density at radius 1 is 1.35 bits per heavy atom. The van der Waals surface area contributed by atoms with E-state index in [0.717, 1.165) is 11.1 Å². The molecular formula is C15H22O2. The molecule has 2 saturated carbocycles. The van der Waals surface area contributed by atoms with Crippen LogP contribution >= 0.6 is 0 Å². The predicted molar refractivity (Wildman–Crippen MR) is 66.4 cm³/mol. The number of fused-ring (bicyclic) bond motifs is 3. The first-order chi connectivity index (χ1) is 7.79. The van der Waals surface area contributed by atoms with Crippen molar-refractivity contribution in [3.05, 3.63) is 11.1 Å². The number of carbonyl (C=O) groups excluding carboxylic acids is 1. The molecule has 3 rings (SSSR count). The topological polar surface area (TPSA) is 37.3 Å². The van der Waals surface area contributed by atoms with Crippen molar-refractivity contribution in [3.8, 4) is 0 Å². The number of hydrogen-bond acceptors (Lipinski definition) is 2. The van der Waals surface area contributed by atoms with Gasteiger partial charge in [0.15, 0.2) is 5.78 Å². The van der Waals surface area contributed by atoms with E-state index < -0.39 is 5.60 Å². The van der Waals surface area contributed by atoms with Gasteiger partial charge in [-0.05, 0) is 54.1 Å². The van der Waals surface area contributed by atoms with Gasteiger partial charge < -0.3 is 5.11 Å². The van der Waals surface area contributed by atoms with Gasteiger partial charge in [-0.15, -0.1) is 0 Å². The van der Waals surface area contributed by atoms with E-state index >= 15 is 0 Å². The van der Waals surface area contributed by atoms with Crippen LogP contribution in [0.1, 0.15) is 47.0 Å². The van der Waals surface area contributed by atoms with Crippen LogP contribution in [0.4, 0.5) is 0 Å².